The number of ether oxygens (including phenoxy) is 2. The highest BCUT2D eigenvalue weighted by atomic mass is 16.6. The van der Waals surface area contributed by atoms with E-state index in [2.05, 4.69) is 10.1 Å². The summed E-state index contributed by atoms with van der Waals surface area (Å²) in [4.78, 5) is 29.1. The highest BCUT2D eigenvalue weighted by Gasteiger charge is 2.16. The third-order valence-corrected chi connectivity index (χ3v) is 3.90. The van der Waals surface area contributed by atoms with Gasteiger partial charge in [-0.05, 0) is 18.2 Å². The topological polar surface area (TPSA) is 88.2 Å². The monoisotopic (exact) mass is 326 g/mol. The van der Waals surface area contributed by atoms with E-state index in [1.807, 2.05) is 0 Å². The number of ketones is 1. The molecule has 1 aliphatic heterocycles. The van der Waals surface area contributed by atoms with Gasteiger partial charge in [-0.2, -0.15) is 5.10 Å². The maximum Gasteiger partial charge on any atom is 0.264 e. The van der Waals surface area contributed by atoms with Crippen LogP contribution in [0.5, 0.6) is 11.5 Å². The van der Waals surface area contributed by atoms with Crippen LogP contribution in [0.3, 0.4) is 0 Å². The molecule has 1 aromatic carbocycles. The lowest BCUT2D eigenvalue weighted by Gasteiger charge is -2.18. The van der Waals surface area contributed by atoms with Crippen molar-refractivity contribution in [2.45, 2.75) is 6.54 Å². The third-order valence-electron chi connectivity index (χ3n) is 3.90. The van der Waals surface area contributed by atoms with Crippen LogP contribution >= 0.6 is 0 Å². The van der Waals surface area contributed by atoms with Gasteiger partial charge in [0.25, 0.3) is 5.56 Å². The third kappa shape index (κ3) is 2.32. The predicted molar refractivity (Wildman–Crippen MR) is 84.5 cm³/mol. The van der Waals surface area contributed by atoms with Crippen molar-refractivity contribution in [1.82, 2.24) is 19.3 Å². The lowest BCUT2D eigenvalue weighted by Crippen LogP contribution is -2.24. The van der Waals surface area contributed by atoms with Crippen LogP contribution in [0.1, 0.15) is 10.4 Å². The Kier molecular flexibility index (Phi) is 3.30. The molecule has 8 nitrogen and oxygen atoms in total. The average Bonchev–Trinajstić information content (AvgIpc) is 2.98. The number of fused-ring (bicyclic) bond motifs is 2. The molecule has 0 saturated heterocycles. The number of aromatic nitrogens is 4. The van der Waals surface area contributed by atoms with Gasteiger partial charge >= 0.3 is 0 Å². The van der Waals surface area contributed by atoms with Crippen LogP contribution in [-0.2, 0) is 13.6 Å². The van der Waals surface area contributed by atoms with E-state index in [0.29, 0.717) is 41.3 Å². The Labute approximate surface area is 136 Å². The summed E-state index contributed by atoms with van der Waals surface area (Å²) in [6.45, 7) is 0.842. The van der Waals surface area contributed by atoms with Crippen molar-refractivity contribution in [1.29, 1.82) is 0 Å². The predicted octanol–water partition coefficient (Wildman–Crippen LogP) is 0.784. The molecule has 3 aromatic rings. The molecule has 0 atom stereocenters. The quantitative estimate of drug-likeness (QED) is 0.661. The Bertz CT molecular complexity index is 1000. The van der Waals surface area contributed by atoms with Crippen molar-refractivity contribution >= 4 is 16.8 Å². The first-order valence-electron chi connectivity index (χ1n) is 7.43. The van der Waals surface area contributed by atoms with E-state index in [1.54, 1.807) is 25.2 Å². The minimum Gasteiger partial charge on any atom is -0.486 e. The van der Waals surface area contributed by atoms with E-state index >= 15 is 0 Å². The Balaban J connectivity index is 1.64. The zero-order valence-electron chi connectivity index (χ0n) is 12.9. The fourth-order valence-electron chi connectivity index (χ4n) is 2.64. The normalized spacial score (nSPS) is 13.2. The first kappa shape index (κ1) is 14.4. The SMILES string of the molecule is Cn1ncc2c(=O)n(CC(=O)c3ccc4c(c3)OCCO4)cnc21. The molecule has 0 spiro atoms. The largest absolute Gasteiger partial charge is 0.486 e. The lowest BCUT2D eigenvalue weighted by molar-refractivity contribution is 0.0969. The van der Waals surface area contributed by atoms with E-state index in [4.69, 9.17) is 9.47 Å². The van der Waals surface area contributed by atoms with Gasteiger partial charge in [-0.25, -0.2) is 4.98 Å². The second kappa shape index (κ2) is 5.48. The van der Waals surface area contributed by atoms with Crippen LogP contribution in [0.2, 0.25) is 0 Å². The zero-order chi connectivity index (χ0) is 16.7. The number of hydrogen-bond acceptors (Lipinski definition) is 6. The fourth-order valence-corrected chi connectivity index (χ4v) is 2.64. The van der Waals surface area contributed by atoms with E-state index < -0.39 is 0 Å². The van der Waals surface area contributed by atoms with E-state index in [9.17, 15) is 9.59 Å². The van der Waals surface area contributed by atoms with Gasteiger partial charge < -0.3 is 9.47 Å². The van der Waals surface area contributed by atoms with Crippen LogP contribution in [-0.4, -0.2) is 38.3 Å². The maximum atomic E-state index is 12.5. The number of carbonyl (C=O) groups is 1. The standard InChI is InChI=1S/C16H14N4O4/c1-19-15-11(7-18-19)16(22)20(9-17-15)8-12(21)10-2-3-13-14(6-10)24-5-4-23-13/h2-3,6-7,9H,4-5,8H2,1H3. The van der Waals surface area contributed by atoms with Gasteiger partial charge in [0.05, 0.1) is 12.7 Å². The molecule has 8 heteroatoms. The van der Waals surface area contributed by atoms with Crippen LogP contribution in [0.4, 0.5) is 0 Å². The number of hydrogen-bond donors (Lipinski definition) is 0. The Morgan fingerprint density at radius 3 is 2.88 bits per heavy atom. The van der Waals surface area contributed by atoms with Gasteiger partial charge in [0.2, 0.25) is 0 Å². The van der Waals surface area contributed by atoms with Gasteiger partial charge in [0, 0.05) is 12.6 Å². The molecule has 122 valence electrons. The minimum absolute atomic E-state index is 0.101. The number of carbonyl (C=O) groups excluding carboxylic acids is 1. The summed E-state index contributed by atoms with van der Waals surface area (Å²) < 4.78 is 13.7. The van der Waals surface area contributed by atoms with Crippen LogP contribution < -0.4 is 15.0 Å². The minimum atomic E-state index is -0.293. The van der Waals surface area contributed by atoms with E-state index in [1.165, 1.54) is 21.8 Å². The lowest BCUT2D eigenvalue weighted by atomic mass is 10.1. The van der Waals surface area contributed by atoms with Gasteiger partial charge in [-0.3, -0.25) is 18.8 Å². The molecule has 0 fully saturated rings. The van der Waals surface area contributed by atoms with Crippen LogP contribution in [0, 0.1) is 0 Å². The average molecular weight is 326 g/mol. The number of nitrogens with zero attached hydrogens (tertiary/aromatic N) is 4. The first-order chi connectivity index (χ1) is 11.6. The van der Waals surface area contributed by atoms with Crippen molar-refractivity contribution in [2.75, 3.05) is 13.2 Å². The van der Waals surface area contributed by atoms with Crippen molar-refractivity contribution in [2.24, 2.45) is 7.05 Å². The molecule has 0 unspecified atom stereocenters. The highest BCUT2D eigenvalue weighted by molar-refractivity contribution is 5.96. The molecule has 0 N–H and O–H groups in total. The van der Waals surface area contributed by atoms with Gasteiger partial charge in [-0.1, -0.05) is 0 Å². The maximum absolute atomic E-state index is 12.5. The molecule has 0 aliphatic carbocycles. The summed E-state index contributed by atoms with van der Waals surface area (Å²) in [7, 11) is 1.71. The van der Waals surface area contributed by atoms with Crippen molar-refractivity contribution in [3.63, 3.8) is 0 Å². The summed E-state index contributed by atoms with van der Waals surface area (Å²) in [6, 6.07) is 5.00. The van der Waals surface area contributed by atoms with Crippen molar-refractivity contribution in [3.05, 3.63) is 46.6 Å². The summed E-state index contributed by atoms with van der Waals surface area (Å²) >= 11 is 0. The molecule has 1 aliphatic rings. The van der Waals surface area contributed by atoms with Gasteiger partial charge in [0.1, 0.15) is 24.9 Å². The molecule has 2 aromatic heterocycles. The molecule has 4 rings (SSSR count). The Hall–Kier alpha value is -3.16. The molecule has 3 heterocycles. The first-order valence-corrected chi connectivity index (χ1v) is 7.43. The van der Waals surface area contributed by atoms with Gasteiger partial charge in [-0.15, -0.1) is 0 Å². The second-order valence-electron chi connectivity index (χ2n) is 5.46. The van der Waals surface area contributed by atoms with Crippen LogP contribution in [0.15, 0.2) is 35.5 Å². The number of Topliss-reactive ketones (excluding diaryl/α,β-unsaturated/α-hetero) is 1. The smallest absolute Gasteiger partial charge is 0.264 e. The molecular weight excluding hydrogens is 312 g/mol. The highest BCUT2D eigenvalue weighted by Crippen LogP contribution is 2.30. The summed E-state index contributed by atoms with van der Waals surface area (Å²) in [5.41, 5.74) is 0.652. The number of aryl methyl sites for hydroxylation is 1. The molecule has 0 radical (unpaired) electrons. The van der Waals surface area contributed by atoms with Gasteiger partial charge in [0.15, 0.2) is 22.9 Å². The van der Waals surface area contributed by atoms with E-state index in [0.717, 1.165) is 0 Å². The molecule has 0 amide bonds. The summed E-state index contributed by atoms with van der Waals surface area (Å²) in [5.74, 6) is 0.952. The Morgan fingerprint density at radius 2 is 2.04 bits per heavy atom. The molecular formula is C16H14N4O4. The summed E-state index contributed by atoms with van der Waals surface area (Å²) in [5, 5.41) is 4.39. The summed E-state index contributed by atoms with van der Waals surface area (Å²) in [6.07, 6.45) is 2.82. The fraction of sp³-hybridized carbons (Fsp3) is 0.250. The molecule has 0 saturated carbocycles. The van der Waals surface area contributed by atoms with Crippen LogP contribution in [0.25, 0.3) is 11.0 Å². The molecule has 24 heavy (non-hydrogen) atoms. The number of rotatable bonds is 3. The zero-order valence-corrected chi connectivity index (χ0v) is 12.9. The van der Waals surface area contributed by atoms with Crippen molar-refractivity contribution < 1.29 is 14.3 Å². The molecule has 0 bridgehead atoms. The van der Waals surface area contributed by atoms with E-state index in [-0.39, 0.29) is 17.9 Å². The number of benzene rings is 1. The van der Waals surface area contributed by atoms with Crippen molar-refractivity contribution in [3.8, 4) is 11.5 Å². The second-order valence-corrected chi connectivity index (χ2v) is 5.46. The Morgan fingerprint density at radius 1 is 1.25 bits per heavy atom.